The SMILES string of the molecule is CN1CCN(C(=O)c2cc3c(Nc4ccc(N)c(C=N)c4)ncnc3[nH]2)CC1. The number of piperazine rings is 1. The number of anilines is 3. The summed E-state index contributed by atoms with van der Waals surface area (Å²) in [4.78, 5) is 28.6. The Labute approximate surface area is 162 Å². The van der Waals surface area contributed by atoms with Crippen molar-refractivity contribution < 1.29 is 4.79 Å². The standard InChI is InChI=1S/C19H22N8O/c1-26-4-6-27(7-5-26)19(28)16-9-14-17(22-11-23-18(14)25-16)24-13-2-3-15(21)12(8-13)10-20/h2-3,8-11,20H,4-7,21H2,1H3,(H2,22,23,24,25). The van der Waals surface area contributed by atoms with E-state index in [9.17, 15) is 4.79 Å². The Morgan fingerprint density at radius 1 is 1.25 bits per heavy atom. The molecule has 3 heterocycles. The number of aromatic amines is 1. The van der Waals surface area contributed by atoms with Crippen LogP contribution in [0.25, 0.3) is 11.0 Å². The number of nitrogens with zero attached hydrogens (tertiary/aromatic N) is 4. The number of fused-ring (bicyclic) bond motifs is 1. The minimum atomic E-state index is -0.0318. The van der Waals surface area contributed by atoms with E-state index in [1.807, 2.05) is 11.0 Å². The monoisotopic (exact) mass is 378 g/mol. The van der Waals surface area contributed by atoms with Gasteiger partial charge in [0.25, 0.3) is 5.91 Å². The number of amides is 1. The Morgan fingerprint density at radius 2 is 2.04 bits per heavy atom. The van der Waals surface area contributed by atoms with Crippen molar-refractivity contribution in [3.05, 3.63) is 41.9 Å². The number of benzene rings is 1. The number of nitrogens with one attached hydrogen (secondary N) is 3. The molecule has 0 bridgehead atoms. The third-order valence-electron chi connectivity index (χ3n) is 4.95. The quantitative estimate of drug-likeness (QED) is 0.404. The molecule has 0 saturated carbocycles. The maximum atomic E-state index is 12.8. The van der Waals surface area contributed by atoms with Gasteiger partial charge in [-0.25, -0.2) is 9.97 Å². The van der Waals surface area contributed by atoms with Crippen molar-refractivity contribution in [1.82, 2.24) is 24.8 Å². The van der Waals surface area contributed by atoms with Gasteiger partial charge in [0, 0.05) is 49.3 Å². The third-order valence-corrected chi connectivity index (χ3v) is 4.95. The molecule has 1 amide bonds. The maximum absolute atomic E-state index is 12.8. The average molecular weight is 378 g/mol. The fourth-order valence-electron chi connectivity index (χ4n) is 3.25. The van der Waals surface area contributed by atoms with Crippen LogP contribution < -0.4 is 11.1 Å². The van der Waals surface area contributed by atoms with E-state index in [1.165, 1.54) is 12.5 Å². The van der Waals surface area contributed by atoms with Crippen LogP contribution in [0.2, 0.25) is 0 Å². The number of carbonyl (C=O) groups excluding carboxylic acids is 1. The van der Waals surface area contributed by atoms with E-state index in [0.29, 0.717) is 41.5 Å². The zero-order valence-electron chi connectivity index (χ0n) is 15.6. The van der Waals surface area contributed by atoms with Gasteiger partial charge in [0.2, 0.25) is 0 Å². The van der Waals surface area contributed by atoms with E-state index in [2.05, 4.69) is 32.2 Å². The number of H-pyrrole nitrogens is 1. The lowest BCUT2D eigenvalue weighted by atomic mass is 10.1. The summed E-state index contributed by atoms with van der Waals surface area (Å²) in [5.74, 6) is 0.551. The van der Waals surface area contributed by atoms with Gasteiger partial charge in [0.15, 0.2) is 0 Å². The summed E-state index contributed by atoms with van der Waals surface area (Å²) in [6, 6.07) is 7.12. The number of aromatic nitrogens is 3. The van der Waals surface area contributed by atoms with Gasteiger partial charge in [-0.1, -0.05) is 0 Å². The van der Waals surface area contributed by atoms with Crippen molar-refractivity contribution >= 4 is 40.3 Å². The molecule has 5 N–H and O–H groups in total. The lowest BCUT2D eigenvalue weighted by molar-refractivity contribution is 0.0659. The molecule has 0 aliphatic carbocycles. The van der Waals surface area contributed by atoms with E-state index in [-0.39, 0.29) is 5.91 Å². The number of rotatable bonds is 4. The highest BCUT2D eigenvalue weighted by Gasteiger charge is 2.22. The first kappa shape index (κ1) is 17.9. The minimum absolute atomic E-state index is 0.0318. The van der Waals surface area contributed by atoms with Crippen molar-refractivity contribution in [3.63, 3.8) is 0 Å². The molecule has 0 atom stereocenters. The summed E-state index contributed by atoms with van der Waals surface area (Å²) < 4.78 is 0. The van der Waals surface area contributed by atoms with E-state index in [1.54, 1.807) is 18.2 Å². The predicted molar refractivity (Wildman–Crippen MR) is 109 cm³/mol. The Kier molecular flexibility index (Phi) is 4.66. The van der Waals surface area contributed by atoms with E-state index >= 15 is 0 Å². The highest BCUT2D eigenvalue weighted by Crippen LogP contribution is 2.26. The highest BCUT2D eigenvalue weighted by atomic mass is 16.2. The van der Waals surface area contributed by atoms with Gasteiger partial charge in [-0.05, 0) is 31.3 Å². The molecule has 0 spiro atoms. The highest BCUT2D eigenvalue weighted by molar-refractivity contribution is 6.00. The summed E-state index contributed by atoms with van der Waals surface area (Å²) in [5, 5.41) is 11.4. The number of nitrogen functional groups attached to an aromatic ring is 1. The molecule has 1 aromatic carbocycles. The number of likely N-dealkylation sites (N-methyl/N-ethyl adjacent to an activating group) is 1. The topological polar surface area (TPSA) is 127 Å². The van der Waals surface area contributed by atoms with Crippen molar-refractivity contribution in [1.29, 1.82) is 5.41 Å². The van der Waals surface area contributed by atoms with Crippen LogP contribution in [-0.4, -0.2) is 70.1 Å². The summed E-state index contributed by atoms with van der Waals surface area (Å²) >= 11 is 0. The zero-order valence-corrected chi connectivity index (χ0v) is 15.6. The largest absolute Gasteiger partial charge is 0.398 e. The van der Waals surface area contributed by atoms with E-state index < -0.39 is 0 Å². The summed E-state index contributed by atoms with van der Waals surface area (Å²) in [6.07, 6.45) is 2.65. The molecule has 4 rings (SSSR count). The molecule has 0 unspecified atom stereocenters. The first-order valence-electron chi connectivity index (χ1n) is 9.03. The Bertz CT molecular complexity index is 1040. The molecular weight excluding hydrogens is 356 g/mol. The molecule has 9 nitrogen and oxygen atoms in total. The zero-order chi connectivity index (χ0) is 19.7. The van der Waals surface area contributed by atoms with Crippen molar-refractivity contribution in [2.75, 3.05) is 44.3 Å². The smallest absolute Gasteiger partial charge is 0.270 e. The number of hydrogen-bond donors (Lipinski definition) is 4. The van der Waals surface area contributed by atoms with Crippen LogP contribution in [0.15, 0.2) is 30.6 Å². The Balaban J connectivity index is 1.62. The van der Waals surface area contributed by atoms with Crippen LogP contribution >= 0.6 is 0 Å². The molecule has 0 radical (unpaired) electrons. The second kappa shape index (κ2) is 7.28. The van der Waals surface area contributed by atoms with Crippen LogP contribution in [0.5, 0.6) is 0 Å². The molecule has 144 valence electrons. The Hall–Kier alpha value is -3.46. The molecule has 3 aromatic rings. The molecule has 2 aromatic heterocycles. The van der Waals surface area contributed by atoms with Crippen molar-refractivity contribution in [3.8, 4) is 0 Å². The maximum Gasteiger partial charge on any atom is 0.270 e. The van der Waals surface area contributed by atoms with Crippen LogP contribution in [0.4, 0.5) is 17.2 Å². The van der Waals surface area contributed by atoms with E-state index in [0.717, 1.165) is 24.2 Å². The molecule has 1 fully saturated rings. The van der Waals surface area contributed by atoms with Gasteiger partial charge in [-0.2, -0.15) is 0 Å². The molecule has 1 aliphatic rings. The lowest BCUT2D eigenvalue weighted by Crippen LogP contribution is -2.47. The predicted octanol–water partition coefficient (Wildman–Crippen LogP) is 1.67. The summed E-state index contributed by atoms with van der Waals surface area (Å²) in [7, 11) is 2.05. The van der Waals surface area contributed by atoms with Crippen LogP contribution in [0.3, 0.4) is 0 Å². The van der Waals surface area contributed by atoms with Crippen LogP contribution in [0.1, 0.15) is 16.1 Å². The van der Waals surface area contributed by atoms with Gasteiger partial charge >= 0.3 is 0 Å². The molecule has 1 aliphatic heterocycles. The second-order valence-electron chi connectivity index (χ2n) is 6.88. The van der Waals surface area contributed by atoms with Crippen molar-refractivity contribution in [2.24, 2.45) is 0 Å². The van der Waals surface area contributed by atoms with E-state index in [4.69, 9.17) is 11.1 Å². The lowest BCUT2D eigenvalue weighted by Gasteiger charge is -2.32. The number of carbonyl (C=O) groups is 1. The first-order chi connectivity index (χ1) is 13.5. The minimum Gasteiger partial charge on any atom is -0.398 e. The van der Waals surface area contributed by atoms with Gasteiger partial charge in [0.05, 0.1) is 5.39 Å². The average Bonchev–Trinajstić information content (AvgIpc) is 3.15. The molecule has 28 heavy (non-hydrogen) atoms. The summed E-state index contributed by atoms with van der Waals surface area (Å²) in [5.41, 5.74) is 8.85. The number of nitrogens with two attached hydrogens (primary N) is 1. The molecule has 1 saturated heterocycles. The van der Waals surface area contributed by atoms with Crippen LogP contribution in [0, 0.1) is 5.41 Å². The number of hydrogen-bond acceptors (Lipinski definition) is 7. The molecule has 9 heteroatoms. The van der Waals surface area contributed by atoms with Crippen LogP contribution in [-0.2, 0) is 0 Å². The van der Waals surface area contributed by atoms with Gasteiger partial charge in [0.1, 0.15) is 23.5 Å². The molecular formula is C19H22N8O. The summed E-state index contributed by atoms with van der Waals surface area (Å²) in [6.45, 7) is 3.15. The van der Waals surface area contributed by atoms with Gasteiger partial charge < -0.3 is 31.2 Å². The normalized spacial score (nSPS) is 15.0. The fourth-order valence-corrected chi connectivity index (χ4v) is 3.25. The fraction of sp³-hybridized carbons (Fsp3) is 0.263. The van der Waals surface area contributed by atoms with Crippen molar-refractivity contribution in [2.45, 2.75) is 0 Å². The second-order valence-corrected chi connectivity index (χ2v) is 6.88. The van der Waals surface area contributed by atoms with Gasteiger partial charge in [-0.3, -0.25) is 4.79 Å². The van der Waals surface area contributed by atoms with Gasteiger partial charge in [-0.15, -0.1) is 0 Å². The Morgan fingerprint density at radius 3 is 2.79 bits per heavy atom. The first-order valence-corrected chi connectivity index (χ1v) is 9.03. The third kappa shape index (κ3) is 3.39.